The maximum atomic E-state index is 11.5. The largest absolute Gasteiger partial charge is 0.480 e. The highest BCUT2D eigenvalue weighted by Gasteiger charge is 2.29. The van der Waals surface area contributed by atoms with Crippen LogP contribution in [0.5, 0.6) is 0 Å². The minimum Gasteiger partial charge on any atom is -0.480 e. The van der Waals surface area contributed by atoms with Gasteiger partial charge in [0.15, 0.2) is 11.9 Å². The van der Waals surface area contributed by atoms with Crippen LogP contribution in [-0.2, 0) is 4.79 Å². The number of carboxylic acids is 1. The highest BCUT2D eigenvalue weighted by molar-refractivity contribution is 5.73. The summed E-state index contributed by atoms with van der Waals surface area (Å²) in [6.45, 7) is 3.81. The Morgan fingerprint density at radius 1 is 1.40 bits per heavy atom. The second-order valence-corrected chi connectivity index (χ2v) is 4.74. The number of benzene rings is 1. The molecule has 106 valence electrons. The van der Waals surface area contributed by atoms with Gasteiger partial charge in [-0.15, -0.1) is 5.10 Å². The maximum Gasteiger partial charge on any atom is 0.328 e. The molecule has 0 radical (unpaired) electrons. The average Bonchev–Trinajstić information content (AvgIpc) is 2.88. The first kappa shape index (κ1) is 14.0. The molecule has 7 heteroatoms. The molecule has 2 aromatic rings. The molecule has 0 saturated carbocycles. The predicted molar refractivity (Wildman–Crippen MR) is 73.8 cm³/mol. The van der Waals surface area contributed by atoms with Crippen molar-refractivity contribution in [2.45, 2.75) is 26.3 Å². The molecule has 20 heavy (non-hydrogen) atoms. The molecule has 7 nitrogen and oxygen atoms in total. The highest BCUT2D eigenvalue weighted by Crippen LogP contribution is 2.26. The van der Waals surface area contributed by atoms with Gasteiger partial charge in [-0.05, 0) is 40.6 Å². The Labute approximate surface area is 116 Å². The number of aliphatic carboxylic acids is 1. The summed E-state index contributed by atoms with van der Waals surface area (Å²) in [4.78, 5) is 11.5. The van der Waals surface area contributed by atoms with Crippen LogP contribution in [0.1, 0.15) is 26.3 Å². The van der Waals surface area contributed by atoms with Crippen LogP contribution < -0.4 is 5.73 Å². The van der Waals surface area contributed by atoms with Crippen LogP contribution in [0.4, 0.5) is 5.69 Å². The maximum absolute atomic E-state index is 11.5. The Morgan fingerprint density at radius 2 is 2.05 bits per heavy atom. The third-order valence-corrected chi connectivity index (χ3v) is 3.36. The van der Waals surface area contributed by atoms with E-state index in [1.165, 1.54) is 4.68 Å². The summed E-state index contributed by atoms with van der Waals surface area (Å²) >= 11 is 0. The molecule has 2 rings (SSSR count). The first-order valence-corrected chi connectivity index (χ1v) is 6.41. The van der Waals surface area contributed by atoms with Gasteiger partial charge in [0, 0.05) is 11.3 Å². The molecule has 0 bridgehead atoms. The van der Waals surface area contributed by atoms with E-state index in [4.69, 9.17) is 5.73 Å². The lowest BCUT2D eigenvalue weighted by Crippen LogP contribution is -2.27. The molecule has 1 aromatic carbocycles. The Kier molecular flexibility index (Phi) is 3.97. The number of nitrogens with two attached hydrogens (primary N) is 1. The van der Waals surface area contributed by atoms with Gasteiger partial charge < -0.3 is 10.8 Å². The van der Waals surface area contributed by atoms with Gasteiger partial charge in [-0.2, -0.15) is 0 Å². The number of hydrogen-bond acceptors (Lipinski definition) is 5. The van der Waals surface area contributed by atoms with Crippen LogP contribution in [0.2, 0.25) is 0 Å². The topological polar surface area (TPSA) is 107 Å². The number of carbonyl (C=O) groups is 1. The van der Waals surface area contributed by atoms with Crippen molar-refractivity contribution in [3.8, 4) is 11.4 Å². The normalized spacial score (nSPS) is 13.9. The number of aromatic nitrogens is 4. The lowest BCUT2D eigenvalue weighted by Gasteiger charge is -2.19. The van der Waals surface area contributed by atoms with Crippen LogP contribution >= 0.6 is 0 Å². The number of tetrazole rings is 1. The fourth-order valence-corrected chi connectivity index (χ4v) is 2.02. The van der Waals surface area contributed by atoms with E-state index in [1.54, 1.807) is 24.3 Å². The molecule has 0 aliphatic carbocycles. The van der Waals surface area contributed by atoms with Gasteiger partial charge in [0.2, 0.25) is 0 Å². The summed E-state index contributed by atoms with van der Waals surface area (Å²) in [5, 5.41) is 20.8. The van der Waals surface area contributed by atoms with E-state index in [1.807, 2.05) is 13.8 Å². The van der Waals surface area contributed by atoms with Crippen molar-refractivity contribution in [3.05, 3.63) is 24.3 Å². The zero-order valence-electron chi connectivity index (χ0n) is 11.4. The van der Waals surface area contributed by atoms with E-state index in [2.05, 4.69) is 15.5 Å². The zero-order valence-corrected chi connectivity index (χ0v) is 11.4. The smallest absolute Gasteiger partial charge is 0.328 e. The molecule has 0 fully saturated rings. The molecule has 2 atom stereocenters. The van der Waals surface area contributed by atoms with Crippen molar-refractivity contribution in [3.63, 3.8) is 0 Å². The van der Waals surface area contributed by atoms with Gasteiger partial charge in [-0.3, -0.25) is 0 Å². The predicted octanol–water partition coefficient (Wildman–Crippen LogP) is 1.59. The number of nitrogens with zero attached hydrogens (tertiary/aromatic N) is 4. The third-order valence-electron chi connectivity index (χ3n) is 3.36. The molecule has 3 N–H and O–H groups in total. The molecule has 0 saturated heterocycles. The van der Waals surface area contributed by atoms with E-state index in [0.29, 0.717) is 11.5 Å². The monoisotopic (exact) mass is 275 g/mol. The SMILES string of the molecule is CCC(C)C(C(=O)O)n1nnnc1-c1ccc(N)cc1. The first-order chi connectivity index (χ1) is 9.54. The van der Waals surface area contributed by atoms with Crippen LogP contribution in [-0.4, -0.2) is 31.3 Å². The fraction of sp³-hybridized carbons (Fsp3) is 0.385. The second kappa shape index (κ2) is 5.68. The number of anilines is 1. The molecule has 2 unspecified atom stereocenters. The minimum atomic E-state index is -0.941. The van der Waals surface area contributed by atoms with Crippen molar-refractivity contribution >= 4 is 11.7 Å². The van der Waals surface area contributed by atoms with Gasteiger partial charge in [0.1, 0.15) is 0 Å². The van der Waals surface area contributed by atoms with Crippen molar-refractivity contribution in [1.29, 1.82) is 0 Å². The molecule has 0 aliphatic heterocycles. The highest BCUT2D eigenvalue weighted by atomic mass is 16.4. The lowest BCUT2D eigenvalue weighted by atomic mass is 9.99. The van der Waals surface area contributed by atoms with E-state index >= 15 is 0 Å². The zero-order chi connectivity index (χ0) is 14.7. The number of nitrogen functional groups attached to an aromatic ring is 1. The second-order valence-electron chi connectivity index (χ2n) is 4.74. The van der Waals surface area contributed by atoms with Crippen molar-refractivity contribution in [2.24, 2.45) is 5.92 Å². The molecule has 0 aliphatic rings. The number of rotatable bonds is 5. The van der Waals surface area contributed by atoms with Crippen LogP contribution in [0.3, 0.4) is 0 Å². The summed E-state index contributed by atoms with van der Waals surface area (Å²) < 4.78 is 1.36. The average molecular weight is 275 g/mol. The molecule has 0 amide bonds. The Balaban J connectivity index is 2.45. The van der Waals surface area contributed by atoms with Crippen molar-refractivity contribution in [2.75, 3.05) is 5.73 Å². The summed E-state index contributed by atoms with van der Waals surface area (Å²) in [5.74, 6) is -0.593. The van der Waals surface area contributed by atoms with E-state index in [-0.39, 0.29) is 5.92 Å². The minimum absolute atomic E-state index is 0.0801. The third kappa shape index (κ3) is 2.61. The quantitative estimate of drug-likeness (QED) is 0.802. The van der Waals surface area contributed by atoms with Crippen LogP contribution in [0, 0.1) is 5.92 Å². The molecule has 0 spiro atoms. The molecular weight excluding hydrogens is 258 g/mol. The Bertz CT molecular complexity index is 593. The molecular formula is C13H17N5O2. The van der Waals surface area contributed by atoms with Crippen LogP contribution in [0.15, 0.2) is 24.3 Å². The summed E-state index contributed by atoms with van der Waals surface area (Å²) in [6, 6.07) is 6.21. The van der Waals surface area contributed by atoms with Gasteiger partial charge in [0.25, 0.3) is 0 Å². The standard InChI is InChI=1S/C13H17N5O2/c1-3-8(2)11(13(19)20)18-12(15-16-17-18)9-4-6-10(14)7-5-9/h4-8,11H,3,14H2,1-2H3,(H,19,20). The summed E-state index contributed by atoms with van der Waals surface area (Å²) in [6.07, 6.45) is 0.720. The Morgan fingerprint density at radius 3 is 2.60 bits per heavy atom. The lowest BCUT2D eigenvalue weighted by molar-refractivity contribution is -0.142. The van der Waals surface area contributed by atoms with Crippen LogP contribution in [0.25, 0.3) is 11.4 Å². The van der Waals surface area contributed by atoms with E-state index < -0.39 is 12.0 Å². The summed E-state index contributed by atoms with van der Waals surface area (Å²) in [5.41, 5.74) is 7.01. The van der Waals surface area contributed by atoms with E-state index in [0.717, 1.165) is 12.0 Å². The van der Waals surface area contributed by atoms with Crippen molar-refractivity contribution in [1.82, 2.24) is 20.2 Å². The van der Waals surface area contributed by atoms with E-state index in [9.17, 15) is 9.90 Å². The van der Waals surface area contributed by atoms with Gasteiger partial charge in [-0.1, -0.05) is 20.3 Å². The first-order valence-electron chi connectivity index (χ1n) is 6.41. The molecule has 1 aromatic heterocycles. The van der Waals surface area contributed by atoms with Gasteiger partial charge >= 0.3 is 5.97 Å². The summed E-state index contributed by atoms with van der Waals surface area (Å²) in [7, 11) is 0. The van der Waals surface area contributed by atoms with Gasteiger partial charge in [-0.25, -0.2) is 9.48 Å². The van der Waals surface area contributed by atoms with Gasteiger partial charge in [0.05, 0.1) is 0 Å². The van der Waals surface area contributed by atoms with Crippen molar-refractivity contribution < 1.29 is 9.90 Å². The fourth-order valence-electron chi connectivity index (χ4n) is 2.02. The molecule has 1 heterocycles. The number of hydrogen-bond donors (Lipinski definition) is 2. The Hall–Kier alpha value is -2.44. The number of carboxylic acid groups (broad SMARTS) is 1.